The molecule has 0 spiro atoms. The monoisotopic (exact) mass is 246 g/mol. The van der Waals surface area contributed by atoms with Gasteiger partial charge in [0.1, 0.15) is 0 Å². The molecular weight excluding hydrogens is 232 g/mol. The van der Waals surface area contributed by atoms with Gasteiger partial charge in [-0.15, -0.1) is 22.7 Å². The number of hydrogen-bond donors (Lipinski definition) is 0. The molecule has 16 heavy (non-hydrogen) atoms. The maximum atomic E-state index is 2.26. The van der Waals surface area contributed by atoms with Gasteiger partial charge in [-0.3, -0.25) is 0 Å². The van der Waals surface area contributed by atoms with Crippen LogP contribution in [0, 0.1) is 0 Å². The number of thiophene rings is 2. The van der Waals surface area contributed by atoms with Gasteiger partial charge in [-0.1, -0.05) is 23.8 Å². The Kier molecular flexibility index (Phi) is 3.75. The van der Waals surface area contributed by atoms with Crippen LogP contribution in [0.4, 0.5) is 0 Å². The van der Waals surface area contributed by atoms with E-state index in [1.807, 2.05) is 0 Å². The maximum Gasteiger partial charge on any atom is 0.0356 e. The normalized spacial score (nSPS) is 11.5. The van der Waals surface area contributed by atoms with Crippen molar-refractivity contribution in [1.29, 1.82) is 0 Å². The summed E-state index contributed by atoms with van der Waals surface area (Å²) in [5, 5.41) is 4.25. The Morgan fingerprint density at radius 3 is 2.00 bits per heavy atom. The molecule has 2 rings (SSSR count). The van der Waals surface area contributed by atoms with Gasteiger partial charge in [0.15, 0.2) is 0 Å². The molecule has 0 saturated carbocycles. The fraction of sp³-hybridized carbons (Fsp3) is 0.143. The van der Waals surface area contributed by atoms with Crippen LogP contribution in [0.15, 0.2) is 52.8 Å². The van der Waals surface area contributed by atoms with E-state index in [4.69, 9.17) is 0 Å². The third-order valence-corrected chi connectivity index (χ3v) is 4.21. The lowest BCUT2D eigenvalue weighted by molar-refractivity contribution is 1.48. The van der Waals surface area contributed by atoms with Crippen LogP contribution in [-0.2, 0) is 0 Å². The zero-order valence-corrected chi connectivity index (χ0v) is 11.1. The van der Waals surface area contributed by atoms with Crippen molar-refractivity contribution in [2.45, 2.75) is 13.8 Å². The van der Waals surface area contributed by atoms with Crippen molar-refractivity contribution in [3.63, 3.8) is 0 Å². The molecule has 2 aromatic rings. The van der Waals surface area contributed by atoms with E-state index in [0.717, 1.165) is 0 Å². The Morgan fingerprint density at radius 2 is 1.62 bits per heavy atom. The minimum Gasteiger partial charge on any atom is -0.144 e. The van der Waals surface area contributed by atoms with Crippen molar-refractivity contribution in [2.75, 3.05) is 0 Å². The minimum atomic E-state index is 1.30. The zero-order valence-electron chi connectivity index (χ0n) is 9.44. The molecule has 2 heterocycles. The molecule has 0 aliphatic heterocycles. The first-order valence-electron chi connectivity index (χ1n) is 5.23. The topological polar surface area (TPSA) is 0 Å². The molecule has 0 aromatic carbocycles. The van der Waals surface area contributed by atoms with Crippen molar-refractivity contribution in [3.05, 3.63) is 62.5 Å². The average molecular weight is 246 g/mol. The van der Waals surface area contributed by atoms with E-state index in [9.17, 15) is 0 Å². The van der Waals surface area contributed by atoms with Crippen molar-refractivity contribution >= 4 is 28.2 Å². The Labute approximate surface area is 105 Å². The summed E-state index contributed by atoms with van der Waals surface area (Å²) in [5.41, 5.74) is 2.64. The summed E-state index contributed by atoms with van der Waals surface area (Å²) in [6, 6.07) is 8.57. The van der Waals surface area contributed by atoms with E-state index in [2.05, 4.69) is 61.0 Å². The second-order valence-corrected chi connectivity index (χ2v) is 5.44. The molecule has 2 aromatic heterocycles. The SMILES string of the molecule is C/C=C(/C)C=C(c1cccs1)c1cccs1. The summed E-state index contributed by atoms with van der Waals surface area (Å²) in [4.78, 5) is 2.67. The quantitative estimate of drug-likeness (QED) is 0.652. The Bertz CT molecular complexity index is 449. The molecule has 2 heteroatoms. The zero-order chi connectivity index (χ0) is 11.4. The van der Waals surface area contributed by atoms with Crippen LogP contribution in [0.1, 0.15) is 23.6 Å². The third kappa shape index (κ3) is 2.52. The largest absolute Gasteiger partial charge is 0.144 e. The summed E-state index contributed by atoms with van der Waals surface area (Å²) in [5.74, 6) is 0. The minimum absolute atomic E-state index is 1.30. The van der Waals surface area contributed by atoms with Crippen LogP contribution in [-0.4, -0.2) is 0 Å². The highest BCUT2D eigenvalue weighted by atomic mass is 32.1. The van der Waals surface area contributed by atoms with E-state index in [1.165, 1.54) is 20.9 Å². The van der Waals surface area contributed by atoms with Crippen molar-refractivity contribution in [3.8, 4) is 0 Å². The van der Waals surface area contributed by atoms with Gasteiger partial charge in [-0.2, -0.15) is 0 Å². The first-order valence-corrected chi connectivity index (χ1v) is 6.99. The summed E-state index contributed by atoms with van der Waals surface area (Å²) in [7, 11) is 0. The summed E-state index contributed by atoms with van der Waals surface area (Å²) >= 11 is 3.59. The molecule has 0 aliphatic rings. The standard InChI is InChI=1S/C14H14S2/c1-3-11(2)10-12(13-6-4-8-15-13)14-7-5-9-16-14/h3-10H,1-2H3/b11-3-. The van der Waals surface area contributed by atoms with Crippen LogP contribution in [0.5, 0.6) is 0 Å². The molecule has 0 radical (unpaired) electrons. The lowest BCUT2D eigenvalue weighted by Gasteiger charge is -2.02. The lowest BCUT2D eigenvalue weighted by Crippen LogP contribution is -1.81. The molecule has 0 N–H and O–H groups in total. The third-order valence-electron chi connectivity index (χ3n) is 2.40. The number of hydrogen-bond acceptors (Lipinski definition) is 2. The second-order valence-electron chi connectivity index (χ2n) is 3.55. The molecule has 0 fully saturated rings. The smallest absolute Gasteiger partial charge is 0.0356 e. The van der Waals surface area contributed by atoms with Gasteiger partial charge in [-0.05, 0) is 42.8 Å². The van der Waals surface area contributed by atoms with Crippen LogP contribution in [0.2, 0.25) is 0 Å². The predicted octanol–water partition coefficient (Wildman–Crippen LogP) is 5.21. The van der Waals surface area contributed by atoms with E-state index in [0.29, 0.717) is 0 Å². The highest BCUT2D eigenvalue weighted by Crippen LogP contribution is 2.31. The molecule has 0 unspecified atom stereocenters. The highest BCUT2D eigenvalue weighted by Gasteiger charge is 2.06. The van der Waals surface area contributed by atoms with Crippen molar-refractivity contribution < 1.29 is 0 Å². The molecule has 0 aliphatic carbocycles. The van der Waals surface area contributed by atoms with Gasteiger partial charge in [0, 0.05) is 15.3 Å². The van der Waals surface area contributed by atoms with Gasteiger partial charge in [0.25, 0.3) is 0 Å². The van der Waals surface area contributed by atoms with Crippen LogP contribution < -0.4 is 0 Å². The predicted molar refractivity (Wildman–Crippen MR) is 75.1 cm³/mol. The van der Waals surface area contributed by atoms with Crippen LogP contribution >= 0.6 is 22.7 Å². The van der Waals surface area contributed by atoms with Crippen molar-refractivity contribution in [2.24, 2.45) is 0 Å². The molecule has 0 amide bonds. The number of rotatable bonds is 3. The first-order chi connectivity index (χ1) is 7.81. The molecule has 0 atom stereocenters. The van der Waals surface area contributed by atoms with E-state index in [-0.39, 0.29) is 0 Å². The summed E-state index contributed by atoms with van der Waals surface area (Å²) in [6.07, 6.45) is 4.40. The summed E-state index contributed by atoms with van der Waals surface area (Å²) < 4.78 is 0. The van der Waals surface area contributed by atoms with Crippen molar-refractivity contribution in [1.82, 2.24) is 0 Å². The molecule has 0 nitrogen and oxygen atoms in total. The number of allylic oxidation sites excluding steroid dienone is 3. The van der Waals surface area contributed by atoms with E-state index >= 15 is 0 Å². The molecular formula is C14H14S2. The van der Waals surface area contributed by atoms with Gasteiger partial charge in [-0.25, -0.2) is 0 Å². The Balaban J connectivity index is 2.47. The van der Waals surface area contributed by atoms with Crippen LogP contribution in [0.3, 0.4) is 0 Å². The molecule has 82 valence electrons. The Morgan fingerprint density at radius 1 is 1.06 bits per heavy atom. The van der Waals surface area contributed by atoms with Gasteiger partial charge in [0.05, 0.1) is 0 Å². The van der Waals surface area contributed by atoms with E-state index < -0.39 is 0 Å². The molecule has 0 saturated heterocycles. The molecule has 0 bridgehead atoms. The maximum absolute atomic E-state index is 2.26. The van der Waals surface area contributed by atoms with Gasteiger partial charge >= 0.3 is 0 Å². The average Bonchev–Trinajstić information content (AvgIpc) is 2.97. The Hall–Kier alpha value is -1.12. The first kappa shape index (κ1) is 11.4. The second kappa shape index (κ2) is 5.28. The summed E-state index contributed by atoms with van der Waals surface area (Å²) in [6.45, 7) is 4.22. The van der Waals surface area contributed by atoms with Gasteiger partial charge < -0.3 is 0 Å². The lowest BCUT2D eigenvalue weighted by atomic mass is 10.1. The fourth-order valence-corrected chi connectivity index (χ4v) is 3.02. The van der Waals surface area contributed by atoms with Crippen LogP contribution in [0.25, 0.3) is 5.57 Å². The van der Waals surface area contributed by atoms with E-state index in [1.54, 1.807) is 22.7 Å². The van der Waals surface area contributed by atoms with Gasteiger partial charge in [0.2, 0.25) is 0 Å². The fourth-order valence-electron chi connectivity index (χ4n) is 1.44. The highest BCUT2D eigenvalue weighted by molar-refractivity contribution is 7.13.